The van der Waals surface area contributed by atoms with Gasteiger partial charge in [-0.25, -0.2) is 0 Å². The van der Waals surface area contributed by atoms with Crippen molar-refractivity contribution in [1.82, 2.24) is 5.32 Å². The first-order valence-corrected chi connectivity index (χ1v) is 7.93. The zero-order valence-corrected chi connectivity index (χ0v) is 13.1. The predicted octanol–water partition coefficient (Wildman–Crippen LogP) is 2.57. The standard InChI is InChI=1S/C17H26N2O2/c1-3-12-19(4-2)15-8-6-14(7-9-15)16(20)18-13-17(21)10-5-11-17/h6-9,21H,3-5,10-13H2,1-2H3,(H,18,20). The largest absolute Gasteiger partial charge is 0.388 e. The van der Waals surface area contributed by atoms with Gasteiger partial charge in [-0.2, -0.15) is 0 Å². The van der Waals surface area contributed by atoms with Crippen molar-refractivity contribution in [2.45, 2.75) is 45.1 Å². The van der Waals surface area contributed by atoms with E-state index in [0.717, 1.165) is 44.5 Å². The third kappa shape index (κ3) is 3.97. The molecular formula is C17H26N2O2. The molecule has 2 N–H and O–H groups in total. The molecule has 0 spiro atoms. The van der Waals surface area contributed by atoms with Gasteiger partial charge in [-0.15, -0.1) is 0 Å². The first-order chi connectivity index (χ1) is 10.1. The summed E-state index contributed by atoms with van der Waals surface area (Å²) in [5.74, 6) is -0.111. The van der Waals surface area contributed by atoms with Crippen LogP contribution in [0, 0.1) is 0 Å². The first kappa shape index (κ1) is 15.8. The van der Waals surface area contributed by atoms with E-state index in [4.69, 9.17) is 0 Å². The van der Waals surface area contributed by atoms with Gasteiger partial charge in [-0.3, -0.25) is 4.79 Å². The number of anilines is 1. The van der Waals surface area contributed by atoms with Crippen LogP contribution < -0.4 is 10.2 Å². The average molecular weight is 290 g/mol. The summed E-state index contributed by atoms with van der Waals surface area (Å²) in [6.07, 6.45) is 3.73. The lowest BCUT2D eigenvalue weighted by Gasteiger charge is -2.36. The quantitative estimate of drug-likeness (QED) is 0.811. The Labute approximate surface area is 127 Å². The Hall–Kier alpha value is -1.55. The van der Waals surface area contributed by atoms with Gasteiger partial charge in [-0.05, 0) is 56.9 Å². The number of carbonyl (C=O) groups is 1. The second-order valence-corrected chi connectivity index (χ2v) is 5.89. The van der Waals surface area contributed by atoms with Gasteiger partial charge >= 0.3 is 0 Å². The van der Waals surface area contributed by atoms with Crippen LogP contribution in [0.4, 0.5) is 5.69 Å². The molecule has 116 valence electrons. The Bertz CT molecular complexity index is 466. The van der Waals surface area contributed by atoms with Gasteiger partial charge in [0.15, 0.2) is 0 Å². The molecule has 2 rings (SSSR count). The third-order valence-electron chi connectivity index (χ3n) is 4.23. The molecule has 21 heavy (non-hydrogen) atoms. The van der Waals surface area contributed by atoms with Crippen molar-refractivity contribution in [2.75, 3.05) is 24.5 Å². The van der Waals surface area contributed by atoms with Crippen LogP contribution in [0.1, 0.15) is 49.9 Å². The summed E-state index contributed by atoms with van der Waals surface area (Å²) in [6, 6.07) is 7.69. The van der Waals surface area contributed by atoms with E-state index >= 15 is 0 Å². The highest BCUT2D eigenvalue weighted by atomic mass is 16.3. The highest BCUT2D eigenvalue weighted by Gasteiger charge is 2.34. The summed E-state index contributed by atoms with van der Waals surface area (Å²) in [4.78, 5) is 14.4. The fraction of sp³-hybridized carbons (Fsp3) is 0.588. The zero-order valence-electron chi connectivity index (χ0n) is 13.1. The number of benzene rings is 1. The molecule has 1 aromatic carbocycles. The van der Waals surface area contributed by atoms with E-state index in [-0.39, 0.29) is 5.91 Å². The molecule has 0 aromatic heterocycles. The summed E-state index contributed by atoms with van der Waals surface area (Å²) in [5, 5.41) is 12.8. The molecule has 0 saturated heterocycles. The fourth-order valence-electron chi connectivity index (χ4n) is 2.67. The molecule has 0 atom stereocenters. The normalized spacial score (nSPS) is 16.1. The maximum absolute atomic E-state index is 12.1. The molecule has 1 saturated carbocycles. The molecule has 1 aromatic rings. The number of aliphatic hydroxyl groups is 1. The van der Waals surface area contributed by atoms with Crippen LogP contribution in [0.3, 0.4) is 0 Å². The second-order valence-electron chi connectivity index (χ2n) is 5.89. The Morgan fingerprint density at radius 3 is 2.43 bits per heavy atom. The van der Waals surface area contributed by atoms with Crippen molar-refractivity contribution >= 4 is 11.6 Å². The van der Waals surface area contributed by atoms with E-state index in [1.165, 1.54) is 0 Å². The Morgan fingerprint density at radius 1 is 1.29 bits per heavy atom. The second kappa shape index (κ2) is 6.94. The smallest absolute Gasteiger partial charge is 0.251 e. The zero-order chi connectivity index (χ0) is 15.3. The molecule has 0 aliphatic heterocycles. The van der Waals surface area contributed by atoms with Crippen molar-refractivity contribution in [3.63, 3.8) is 0 Å². The van der Waals surface area contributed by atoms with E-state index in [0.29, 0.717) is 12.1 Å². The summed E-state index contributed by atoms with van der Waals surface area (Å²) in [5.41, 5.74) is 1.12. The van der Waals surface area contributed by atoms with E-state index in [2.05, 4.69) is 24.1 Å². The van der Waals surface area contributed by atoms with Crippen molar-refractivity contribution in [2.24, 2.45) is 0 Å². The average Bonchev–Trinajstić information content (AvgIpc) is 2.48. The lowest BCUT2D eigenvalue weighted by molar-refractivity contribution is -0.0300. The summed E-state index contributed by atoms with van der Waals surface area (Å²) in [7, 11) is 0. The fourth-order valence-corrected chi connectivity index (χ4v) is 2.67. The monoisotopic (exact) mass is 290 g/mol. The van der Waals surface area contributed by atoms with Crippen LogP contribution in [-0.2, 0) is 0 Å². The van der Waals surface area contributed by atoms with Crippen molar-refractivity contribution in [1.29, 1.82) is 0 Å². The molecule has 1 amide bonds. The lowest BCUT2D eigenvalue weighted by Crippen LogP contribution is -2.47. The third-order valence-corrected chi connectivity index (χ3v) is 4.23. The maximum Gasteiger partial charge on any atom is 0.251 e. The number of nitrogens with one attached hydrogen (secondary N) is 1. The Morgan fingerprint density at radius 2 is 1.95 bits per heavy atom. The molecule has 0 radical (unpaired) electrons. The van der Waals surface area contributed by atoms with Gasteiger partial charge < -0.3 is 15.3 Å². The molecule has 4 heteroatoms. The van der Waals surface area contributed by atoms with E-state index in [9.17, 15) is 9.90 Å². The highest BCUT2D eigenvalue weighted by Crippen LogP contribution is 2.30. The highest BCUT2D eigenvalue weighted by molar-refractivity contribution is 5.94. The summed E-state index contributed by atoms with van der Waals surface area (Å²) in [6.45, 7) is 6.64. The number of nitrogens with zero attached hydrogens (tertiary/aromatic N) is 1. The minimum atomic E-state index is -0.671. The molecule has 0 bridgehead atoms. The topological polar surface area (TPSA) is 52.6 Å². The molecule has 0 unspecified atom stereocenters. The van der Waals surface area contributed by atoms with E-state index in [1.54, 1.807) is 0 Å². The molecule has 1 aliphatic rings. The van der Waals surface area contributed by atoms with Gasteiger partial charge in [0.2, 0.25) is 0 Å². The van der Waals surface area contributed by atoms with Crippen LogP contribution in [0.2, 0.25) is 0 Å². The number of carbonyl (C=O) groups excluding carboxylic acids is 1. The van der Waals surface area contributed by atoms with Crippen molar-refractivity contribution < 1.29 is 9.90 Å². The molecule has 1 fully saturated rings. The van der Waals surface area contributed by atoms with Gasteiger partial charge in [0.05, 0.1) is 5.60 Å². The van der Waals surface area contributed by atoms with Gasteiger partial charge in [0, 0.05) is 30.9 Å². The first-order valence-electron chi connectivity index (χ1n) is 7.93. The van der Waals surface area contributed by atoms with Gasteiger partial charge in [0.25, 0.3) is 5.91 Å². The summed E-state index contributed by atoms with van der Waals surface area (Å²) < 4.78 is 0. The van der Waals surface area contributed by atoms with Crippen LogP contribution >= 0.6 is 0 Å². The Balaban J connectivity index is 1.92. The number of rotatable bonds is 7. The van der Waals surface area contributed by atoms with Gasteiger partial charge in [-0.1, -0.05) is 6.92 Å². The maximum atomic E-state index is 12.1. The minimum absolute atomic E-state index is 0.111. The van der Waals surface area contributed by atoms with Crippen LogP contribution in [0.15, 0.2) is 24.3 Å². The van der Waals surface area contributed by atoms with E-state index < -0.39 is 5.60 Å². The van der Waals surface area contributed by atoms with E-state index in [1.807, 2.05) is 24.3 Å². The van der Waals surface area contributed by atoms with Crippen molar-refractivity contribution in [3.8, 4) is 0 Å². The number of hydrogen-bond donors (Lipinski definition) is 2. The molecular weight excluding hydrogens is 264 g/mol. The molecule has 1 aliphatic carbocycles. The lowest BCUT2D eigenvalue weighted by atomic mass is 9.80. The number of hydrogen-bond acceptors (Lipinski definition) is 3. The van der Waals surface area contributed by atoms with Crippen molar-refractivity contribution in [3.05, 3.63) is 29.8 Å². The van der Waals surface area contributed by atoms with Crippen LogP contribution in [-0.4, -0.2) is 36.2 Å². The van der Waals surface area contributed by atoms with Gasteiger partial charge in [0.1, 0.15) is 0 Å². The van der Waals surface area contributed by atoms with Crippen LogP contribution in [0.5, 0.6) is 0 Å². The van der Waals surface area contributed by atoms with Crippen LogP contribution in [0.25, 0.3) is 0 Å². The predicted molar refractivity (Wildman–Crippen MR) is 85.8 cm³/mol. The Kier molecular flexibility index (Phi) is 5.23. The number of amides is 1. The molecule has 0 heterocycles. The minimum Gasteiger partial charge on any atom is -0.388 e. The molecule has 4 nitrogen and oxygen atoms in total. The summed E-state index contributed by atoms with van der Waals surface area (Å²) >= 11 is 0. The SMILES string of the molecule is CCCN(CC)c1ccc(C(=O)NCC2(O)CCC2)cc1.